The number of carbonyl (C=O) groups excluding carboxylic acids is 1. The summed E-state index contributed by atoms with van der Waals surface area (Å²) < 4.78 is 10.2. The molecule has 0 amide bonds. The number of hydrogen-bond acceptors (Lipinski definition) is 3. The number of rotatable bonds is 4. The van der Waals surface area contributed by atoms with Crippen LogP contribution >= 0.6 is 0 Å². The summed E-state index contributed by atoms with van der Waals surface area (Å²) in [5, 5.41) is 0. The minimum Gasteiger partial charge on any atom is -0.439 e. The lowest BCUT2D eigenvalue weighted by atomic mass is 9.86. The largest absolute Gasteiger partial charge is 0.439 e. The monoisotopic (exact) mass is 200 g/mol. The first kappa shape index (κ1) is 11.5. The van der Waals surface area contributed by atoms with Crippen LogP contribution in [-0.2, 0) is 14.3 Å². The molecule has 1 saturated carbocycles. The van der Waals surface area contributed by atoms with Crippen molar-refractivity contribution in [2.45, 2.75) is 52.1 Å². The van der Waals surface area contributed by atoms with Crippen LogP contribution in [0.4, 0.5) is 0 Å². The molecule has 0 N–H and O–H groups in total. The van der Waals surface area contributed by atoms with Crippen LogP contribution in [0.25, 0.3) is 0 Å². The first-order valence-electron chi connectivity index (χ1n) is 5.45. The van der Waals surface area contributed by atoms with Crippen molar-refractivity contribution in [1.29, 1.82) is 0 Å². The zero-order valence-electron chi connectivity index (χ0n) is 9.12. The average Bonchev–Trinajstić information content (AvgIpc) is 2.18. The van der Waals surface area contributed by atoms with E-state index in [-0.39, 0.29) is 18.9 Å². The summed E-state index contributed by atoms with van der Waals surface area (Å²) in [7, 11) is 0. The molecule has 3 heteroatoms. The van der Waals surface area contributed by atoms with Gasteiger partial charge in [-0.1, -0.05) is 19.3 Å². The van der Waals surface area contributed by atoms with E-state index >= 15 is 0 Å². The van der Waals surface area contributed by atoms with Crippen molar-refractivity contribution >= 4 is 5.97 Å². The highest BCUT2D eigenvalue weighted by Crippen LogP contribution is 2.27. The summed E-state index contributed by atoms with van der Waals surface area (Å²) in [5.41, 5.74) is 0. The molecule has 0 saturated heterocycles. The Morgan fingerprint density at radius 3 is 2.57 bits per heavy atom. The van der Waals surface area contributed by atoms with Gasteiger partial charge in [0, 0.05) is 6.92 Å². The van der Waals surface area contributed by atoms with E-state index < -0.39 is 0 Å². The summed E-state index contributed by atoms with van der Waals surface area (Å²) in [6, 6.07) is 0. The van der Waals surface area contributed by atoms with Crippen LogP contribution in [0.1, 0.15) is 46.0 Å². The van der Waals surface area contributed by atoms with Gasteiger partial charge in [0.15, 0.2) is 6.79 Å². The van der Waals surface area contributed by atoms with Crippen LogP contribution in [0, 0.1) is 5.92 Å². The van der Waals surface area contributed by atoms with Gasteiger partial charge in [0.25, 0.3) is 0 Å². The lowest BCUT2D eigenvalue weighted by Gasteiger charge is -2.27. The van der Waals surface area contributed by atoms with Crippen molar-refractivity contribution in [1.82, 2.24) is 0 Å². The van der Waals surface area contributed by atoms with E-state index in [0.29, 0.717) is 5.92 Å². The van der Waals surface area contributed by atoms with Crippen LogP contribution in [0.15, 0.2) is 0 Å². The highest BCUT2D eigenvalue weighted by molar-refractivity contribution is 5.65. The Bertz CT molecular complexity index is 173. The molecule has 1 fully saturated rings. The Morgan fingerprint density at radius 1 is 1.36 bits per heavy atom. The molecule has 0 radical (unpaired) electrons. The van der Waals surface area contributed by atoms with E-state index in [0.717, 1.165) is 0 Å². The Labute approximate surface area is 85.8 Å². The fourth-order valence-electron chi connectivity index (χ4n) is 1.96. The van der Waals surface area contributed by atoms with Crippen molar-refractivity contribution in [3.05, 3.63) is 0 Å². The topological polar surface area (TPSA) is 35.5 Å². The van der Waals surface area contributed by atoms with E-state index in [1.54, 1.807) is 0 Å². The van der Waals surface area contributed by atoms with Gasteiger partial charge in [0.1, 0.15) is 0 Å². The van der Waals surface area contributed by atoms with Gasteiger partial charge >= 0.3 is 5.97 Å². The molecule has 0 aromatic heterocycles. The second kappa shape index (κ2) is 6.02. The number of esters is 1. The Balaban J connectivity index is 2.13. The van der Waals surface area contributed by atoms with Gasteiger partial charge in [-0.25, -0.2) is 0 Å². The summed E-state index contributed by atoms with van der Waals surface area (Å²) in [6.07, 6.45) is 6.70. The molecule has 0 bridgehead atoms. The lowest BCUT2D eigenvalue weighted by Crippen LogP contribution is -2.24. The maximum Gasteiger partial charge on any atom is 0.304 e. The highest BCUT2D eigenvalue weighted by Gasteiger charge is 2.20. The minimum atomic E-state index is -0.277. The molecular weight excluding hydrogens is 180 g/mol. The maximum atomic E-state index is 10.5. The number of carbonyl (C=O) groups is 1. The van der Waals surface area contributed by atoms with Gasteiger partial charge in [0.05, 0.1) is 6.10 Å². The molecule has 1 aliphatic carbocycles. The van der Waals surface area contributed by atoms with E-state index in [4.69, 9.17) is 9.47 Å². The SMILES string of the molecule is CC(=O)OCOC(C)C1CCCCC1. The molecular formula is C11H20O3. The van der Waals surface area contributed by atoms with Crippen molar-refractivity contribution in [3.63, 3.8) is 0 Å². The van der Waals surface area contributed by atoms with Crippen LogP contribution in [-0.4, -0.2) is 18.9 Å². The summed E-state index contributed by atoms with van der Waals surface area (Å²) in [4.78, 5) is 10.5. The first-order valence-corrected chi connectivity index (χ1v) is 5.45. The quantitative estimate of drug-likeness (QED) is 0.516. The van der Waals surface area contributed by atoms with Crippen molar-refractivity contribution in [3.8, 4) is 0 Å². The molecule has 1 unspecified atom stereocenters. The fourth-order valence-corrected chi connectivity index (χ4v) is 1.96. The molecule has 1 atom stereocenters. The first-order chi connectivity index (χ1) is 6.70. The van der Waals surface area contributed by atoms with Gasteiger partial charge in [0.2, 0.25) is 0 Å². The van der Waals surface area contributed by atoms with Gasteiger partial charge in [-0.2, -0.15) is 0 Å². The Kier molecular flexibility index (Phi) is 4.94. The van der Waals surface area contributed by atoms with Gasteiger partial charge in [-0.05, 0) is 25.7 Å². The minimum absolute atomic E-state index is 0.104. The Hall–Kier alpha value is -0.570. The second-order valence-corrected chi connectivity index (χ2v) is 4.02. The standard InChI is InChI=1S/C11H20O3/c1-9(13-8-14-10(2)12)11-6-4-3-5-7-11/h9,11H,3-8H2,1-2H3. The Morgan fingerprint density at radius 2 is 2.00 bits per heavy atom. The zero-order valence-corrected chi connectivity index (χ0v) is 9.12. The highest BCUT2D eigenvalue weighted by atomic mass is 16.7. The number of hydrogen-bond donors (Lipinski definition) is 0. The van der Waals surface area contributed by atoms with Crippen LogP contribution < -0.4 is 0 Å². The predicted molar refractivity (Wildman–Crippen MR) is 53.8 cm³/mol. The molecule has 82 valence electrons. The second-order valence-electron chi connectivity index (χ2n) is 4.02. The third-order valence-corrected chi connectivity index (χ3v) is 2.91. The van der Waals surface area contributed by atoms with E-state index in [1.165, 1.54) is 39.0 Å². The zero-order chi connectivity index (χ0) is 10.4. The third-order valence-electron chi connectivity index (χ3n) is 2.91. The van der Waals surface area contributed by atoms with Gasteiger partial charge in [-0.3, -0.25) is 4.79 Å². The van der Waals surface area contributed by atoms with Crippen molar-refractivity contribution < 1.29 is 14.3 Å². The lowest BCUT2D eigenvalue weighted by molar-refractivity contribution is -0.160. The molecule has 1 aliphatic rings. The molecule has 1 rings (SSSR count). The molecule has 0 spiro atoms. The van der Waals surface area contributed by atoms with Crippen LogP contribution in [0.2, 0.25) is 0 Å². The molecule has 0 heterocycles. The van der Waals surface area contributed by atoms with Crippen LogP contribution in [0.5, 0.6) is 0 Å². The van der Waals surface area contributed by atoms with E-state index in [1.807, 2.05) is 0 Å². The third kappa shape index (κ3) is 4.09. The molecule has 0 aromatic rings. The van der Waals surface area contributed by atoms with Crippen molar-refractivity contribution in [2.75, 3.05) is 6.79 Å². The summed E-state index contributed by atoms with van der Waals surface area (Å²) in [5.74, 6) is 0.375. The van der Waals surface area contributed by atoms with Gasteiger partial charge < -0.3 is 9.47 Å². The van der Waals surface area contributed by atoms with Gasteiger partial charge in [-0.15, -0.1) is 0 Å². The molecule has 0 aliphatic heterocycles. The van der Waals surface area contributed by atoms with E-state index in [2.05, 4.69) is 6.92 Å². The summed E-state index contributed by atoms with van der Waals surface area (Å²) in [6.45, 7) is 3.57. The van der Waals surface area contributed by atoms with Crippen molar-refractivity contribution in [2.24, 2.45) is 5.92 Å². The predicted octanol–water partition coefficient (Wildman–Crippen LogP) is 2.49. The normalized spacial score (nSPS) is 20.4. The molecule has 14 heavy (non-hydrogen) atoms. The van der Waals surface area contributed by atoms with Crippen LogP contribution in [0.3, 0.4) is 0 Å². The van der Waals surface area contributed by atoms with E-state index in [9.17, 15) is 4.79 Å². The molecule has 0 aromatic carbocycles. The molecule has 3 nitrogen and oxygen atoms in total. The number of ether oxygens (including phenoxy) is 2. The maximum absolute atomic E-state index is 10.5. The smallest absolute Gasteiger partial charge is 0.304 e. The average molecular weight is 200 g/mol. The summed E-state index contributed by atoms with van der Waals surface area (Å²) >= 11 is 0. The fraction of sp³-hybridized carbons (Fsp3) is 0.909.